The highest BCUT2D eigenvalue weighted by Gasteiger charge is 2.43. The topological polar surface area (TPSA) is 9.23 Å². The zero-order valence-corrected chi connectivity index (χ0v) is 8.37. The van der Waals surface area contributed by atoms with Crippen LogP contribution in [0.4, 0.5) is 0 Å². The molecule has 0 aromatic carbocycles. The number of hydrogen-bond donors (Lipinski definition) is 0. The van der Waals surface area contributed by atoms with Crippen LogP contribution in [0.2, 0.25) is 0 Å². The monoisotopic (exact) mass is 180 g/mol. The lowest BCUT2D eigenvalue weighted by atomic mass is 9.82. The highest BCUT2D eigenvalue weighted by Crippen LogP contribution is 2.51. The lowest BCUT2D eigenvalue weighted by Gasteiger charge is -2.33. The van der Waals surface area contributed by atoms with E-state index in [1.54, 1.807) is 0 Å². The fraction of sp³-hybridized carbons (Fsp3) is 1.00. The molecule has 74 valence electrons. The standard InChI is InChI=1S/C12H20O/c1-2-6-13-12(3-1)11-8-9-4-5-10(11)7-9/h9-12H,1-8H2. The number of ether oxygens (including phenoxy) is 1. The summed E-state index contributed by atoms with van der Waals surface area (Å²) in [6.07, 6.45) is 10.8. The van der Waals surface area contributed by atoms with E-state index >= 15 is 0 Å². The van der Waals surface area contributed by atoms with Crippen molar-refractivity contribution in [1.82, 2.24) is 0 Å². The lowest BCUT2D eigenvalue weighted by Crippen LogP contribution is -2.31. The molecule has 2 aliphatic carbocycles. The quantitative estimate of drug-likeness (QED) is 0.602. The van der Waals surface area contributed by atoms with Crippen molar-refractivity contribution >= 4 is 0 Å². The smallest absolute Gasteiger partial charge is 0.0606 e. The number of hydrogen-bond acceptors (Lipinski definition) is 1. The highest BCUT2D eigenvalue weighted by atomic mass is 16.5. The Labute approximate surface area is 80.8 Å². The van der Waals surface area contributed by atoms with Gasteiger partial charge in [-0.25, -0.2) is 0 Å². The van der Waals surface area contributed by atoms with Crippen molar-refractivity contribution in [2.75, 3.05) is 6.61 Å². The van der Waals surface area contributed by atoms with Gasteiger partial charge in [-0.15, -0.1) is 0 Å². The van der Waals surface area contributed by atoms with Gasteiger partial charge < -0.3 is 4.74 Å². The second kappa shape index (κ2) is 3.27. The summed E-state index contributed by atoms with van der Waals surface area (Å²) in [6, 6.07) is 0. The summed E-state index contributed by atoms with van der Waals surface area (Å²) in [4.78, 5) is 0. The minimum atomic E-state index is 0.657. The van der Waals surface area contributed by atoms with Crippen LogP contribution in [-0.2, 0) is 4.74 Å². The Morgan fingerprint density at radius 2 is 1.92 bits per heavy atom. The van der Waals surface area contributed by atoms with Gasteiger partial charge in [-0.1, -0.05) is 6.42 Å². The van der Waals surface area contributed by atoms with Gasteiger partial charge in [0.25, 0.3) is 0 Å². The van der Waals surface area contributed by atoms with E-state index in [1.165, 1.54) is 44.9 Å². The molecule has 1 aliphatic heterocycles. The van der Waals surface area contributed by atoms with Crippen molar-refractivity contribution in [2.24, 2.45) is 17.8 Å². The van der Waals surface area contributed by atoms with Crippen molar-refractivity contribution in [3.05, 3.63) is 0 Å². The van der Waals surface area contributed by atoms with E-state index in [4.69, 9.17) is 4.74 Å². The molecule has 0 aromatic heterocycles. The molecule has 3 fully saturated rings. The number of fused-ring (bicyclic) bond motifs is 2. The first kappa shape index (κ1) is 8.28. The van der Waals surface area contributed by atoms with Gasteiger partial charge in [-0.05, 0) is 56.3 Å². The second-order valence-corrected chi connectivity index (χ2v) is 5.24. The maximum atomic E-state index is 5.91. The van der Waals surface area contributed by atoms with Crippen LogP contribution in [0.3, 0.4) is 0 Å². The zero-order chi connectivity index (χ0) is 8.67. The van der Waals surface area contributed by atoms with Gasteiger partial charge in [0.05, 0.1) is 6.10 Å². The van der Waals surface area contributed by atoms with Gasteiger partial charge in [0, 0.05) is 6.61 Å². The van der Waals surface area contributed by atoms with Gasteiger partial charge in [-0.3, -0.25) is 0 Å². The van der Waals surface area contributed by atoms with Crippen LogP contribution in [-0.4, -0.2) is 12.7 Å². The molecule has 0 N–H and O–H groups in total. The molecule has 1 nitrogen and oxygen atoms in total. The van der Waals surface area contributed by atoms with E-state index in [0.717, 1.165) is 24.4 Å². The summed E-state index contributed by atoms with van der Waals surface area (Å²) in [5, 5.41) is 0. The average Bonchev–Trinajstić information content (AvgIpc) is 2.80. The van der Waals surface area contributed by atoms with Crippen LogP contribution in [0.1, 0.15) is 44.9 Å². The summed E-state index contributed by atoms with van der Waals surface area (Å²) < 4.78 is 5.91. The summed E-state index contributed by atoms with van der Waals surface area (Å²) in [5.74, 6) is 3.09. The average molecular weight is 180 g/mol. The van der Waals surface area contributed by atoms with Gasteiger partial charge in [-0.2, -0.15) is 0 Å². The molecule has 0 spiro atoms. The third kappa shape index (κ3) is 1.41. The van der Waals surface area contributed by atoms with Crippen molar-refractivity contribution in [1.29, 1.82) is 0 Å². The molecule has 0 aromatic rings. The van der Waals surface area contributed by atoms with Crippen LogP contribution in [0.15, 0.2) is 0 Å². The molecule has 13 heavy (non-hydrogen) atoms. The first-order valence-corrected chi connectivity index (χ1v) is 6.05. The van der Waals surface area contributed by atoms with Crippen molar-refractivity contribution < 1.29 is 4.74 Å². The first-order valence-electron chi connectivity index (χ1n) is 6.05. The fourth-order valence-corrected chi connectivity index (χ4v) is 3.85. The zero-order valence-electron chi connectivity index (χ0n) is 8.37. The van der Waals surface area contributed by atoms with Gasteiger partial charge in [0.1, 0.15) is 0 Å². The van der Waals surface area contributed by atoms with Crippen LogP contribution in [0.5, 0.6) is 0 Å². The van der Waals surface area contributed by atoms with Crippen molar-refractivity contribution in [2.45, 2.75) is 51.0 Å². The molecule has 1 heterocycles. The Morgan fingerprint density at radius 1 is 0.923 bits per heavy atom. The molecule has 2 saturated carbocycles. The molecule has 1 saturated heterocycles. The summed E-state index contributed by atoms with van der Waals surface area (Å²) in [7, 11) is 0. The summed E-state index contributed by atoms with van der Waals surface area (Å²) >= 11 is 0. The maximum absolute atomic E-state index is 5.91. The molecule has 1 heteroatoms. The molecular formula is C12H20O. The summed E-state index contributed by atoms with van der Waals surface area (Å²) in [6.45, 7) is 1.04. The van der Waals surface area contributed by atoms with Crippen molar-refractivity contribution in [3.8, 4) is 0 Å². The van der Waals surface area contributed by atoms with Gasteiger partial charge in [0.2, 0.25) is 0 Å². The highest BCUT2D eigenvalue weighted by molar-refractivity contribution is 4.93. The molecule has 4 unspecified atom stereocenters. The minimum Gasteiger partial charge on any atom is -0.378 e. The van der Waals surface area contributed by atoms with E-state index in [2.05, 4.69) is 0 Å². The van der Waals surface area contributed by atoms with Crippen molar-refractivity contribution in [3.63, 3.8) is 0 Å². The molecule has 0 amide bonds. The molecule has 3 aliphatic rings. The Balaban J connectivity index is 1.65. The Morgan fingerprint density at radius 3 is 2.54 bits per heavy atom. The summed E-state index contributed by atoms with van der Waals surface area (Å²) in [5.41, 5.74) is 0. The molecule has 2 bridgehead atoms. The first-order chi connectivity index (χ1) is 6.43. The molecule has 4 atom stereocenters. The number of rotatable bonds is 1. The predicted octanol–water partition coefficient (Wildman–Crippen LogP) is 2.99. The van der Waals surface area contributed by atoms with E-state index < -0.39 is 0 Å². The SMILES string of the molecule is C1CCC(C2CC3CCC2C3)OC1. The van der Waals surface area contributed by atoms with Crippen LogP contribution in [0, 0.1) is 17.8 Å². The van der Waals surface area contributed by atoms with Crippen LogP contribution >= 0.6 is 0 Å². The van der Waals surface area contributed by atoms with Crippen LogP contribution < -0.4 is 0 Å². The third-order valence-electron chi connectivity index (χ3n) is 4.49. The van der Waals surface area contributed by atoms with E-state index in [1.807, 2.05) is 0 Å². The minimum absolute atomic E-state index is 0.657. The fourth-order valence-electron chi connectivity index (χ4n) is 3.85. The van der Waals surface area contributed by atoms with E-state index in [-0.39, 0.29) is 0 Å². The molecule has 0 radical (unpaired) electrons. The Bertz CT molecular complexity index is 184. The van der Waals surface area contributed by atoms with Gasteiger partial charge >= 0.3 is 0 Å². The van der Waals surface area contributed by atoms with Crippen LogP contribution in [0.25, 0.3) is 0 Å². The Hall–Kier alpha value is -0.0400. The normalized spacial score (nSPS) is 49.8. The van der Waals surface area contributed by atoms with Gasteiger partial charge in [0.15, 0.2) is 0 Å². The van der Waals surface area contributed by atoms with E-state index in [0.29, 0.717) is 6.10 Å². The van der Waals surface area contributed by atoms with E-state index in [9.17, 15) is 0 Å². The lowest BCUT2D eigenvalue weighted by molar-refractivity contribution is -0.0357. The molecule has 3 rings (SSSR count). The Kier molecular flexibility index (Phi) is 2.08. The largest absolute Gasteiger partial charge is 0.378 e. The third-order valence-corrected chi connectivity index (χ3v) is 4.49. The molecular weight excluding hydrogens is 160 g/mol. The maximum Gasteiger partial charge on any atom is 0.0606 e. The second-order valence-electron chi connectivity index (χ2n) is 5.24. The predicted molar refractivity (Wildman–Crippen MR) is 52.5 cm³/mol.